The van der Waals surface area contributed by atoms with Crippen LogP contribution in [0.5, 0.6) is 0 Å². The van der Waals surface area contributed by atoms with Crippen LogP contribution in [0.2, 0.25) is 0 Å². The molecule has 0 aromatic carbocycles. The number of hydrogen-bond donors (Lipinski definition) is 3. The Hall–Kier alpha value is -1.94. The molecule has 0 fully saturated rings. The van der Waals surface area contributed by atoms with E-state index in [1.54, 1.807) is 0 Å². The maximum Gasteiger partial charge on any atom is 0.472 e. The summed E-state index contributed by atoms with van der Waals surface area (Å²) in [6.07, 6.45) is 45.9. The molecular formula is C71H138O17P2. The molecule has 0 bridgehead atoms. The highest BCUT2D eigenvalue weighted by Gasteiger charge is 2.30. The van der Waals surface area contributed by atoms with Crippen molar-refractivity contribution in [3.63, 3.8) is 0 Å². The van der Waals surface area contributed by atoms with Crippen LogP contribution in [0.25, 0.3) is 0 Å². The van der Waals surface area contributed by atoms with Crippen molar-refractivity contribution in [3.05, 3.63) is 0 Å². The molecule has 17 nitrogen and oxygen atoms in total. The van der Waals surface area contributed by atoms with Gasteiger partial charge in [-0.05, 0) is 43.4 Å². The van der Waals surface area contributed by atoms with Crippen LogP contribution >= 0.6 is 15.6 Å². The van der Waals surface area contributed by atoms with Gasteiger partial charge in [0, 0.05) is 25.7 Å². The van der Waals surface area contributed by atoms with E-state index in [1.165, 1.54) is 161 Å². The highest BCUT2D eigenvalue weighted by atomic mass is 31.2. The number of phosphoric acid groups is 2. The summed E-state index contributed by atoms with van der Waals surface area (Å²) in [5.41, 5.74) is 0. The molecule has 0 radical (unpaired) electrons. The molecule has 3 N–H and O–H groups in total. The summed E-state index contributed by atoms with van der Waals surface area (Å²) in [6.45, 7) is 11.8. The van der Waals surface area contributed by atoms with Gasteiger partial charge in [-0.15, -0.1) is 0 Å². The third kappa shape index (κ3) is 63.5. The first-order chi connectivity index (χ1) is 43.3. The normalized spacial score (nSPS) is 14.5. The predicted molar refractivity (Wildman–Crippen MR) is 363 cm³/mol. The molecule has 6 atom stereocenters. The van der Waals surface area contributed by atoms with E-state index in [0.29, 0.717) is 25.7 Å². The molecule has 0 aliphatic rings. The lowest BCUT2D eigenvalue weighted by Gasteiger charge is -2.21. The van der Waals surface area contributed by atoms with E-state index in [0.717, 1.165) is 114 Å². The minimum Gasteiger partial charge on any atom is -0.462 e. The third-order valence-electron chi connectivity index (χ3n) is 16.7. The molecule has 0 heterocycles. The van der Waals surface area contributed by atoms with Gasteiger partial charge in [0.05, 0.1) is 26.4 Å². The van der Waals surface area contributed by atoms with Crippen LogP contribution in [0.4, 0.5) is 0 Å². The Morgan fingerprint density at radius 1 is 0.322 bits per heavy atom. The number of aliphatic hydroxyl groups excluding tert-OH is 1. The van der Waals surface area contributed by atoms with Gasteiger partial charge in [0.2, 0.25) is 0 Å². The highest BCUT2D eigenvalue weighted by Crippen LogP contribution is 2.45. The zero-order valence-corrected chi connectivity index (χ0v) is 60.4. The molecule has 19 heteroatoms. The van der Waals surface area contributed by atoms with Crippen LogP contribution in [0.1, 0.15) is 357 Å². The summed E-state index contributed by atoms with van der Waals surface area (Å²) in [5, 5.41) is 10.6. The summed E-state index contributed by atoms with van der Waals surface area (Å²) in [4.78, 5) is 72.5. The molecule has 3 unspecified atom stereocenters. The molecule has 534 valence electrons. The Bertz CT molecular complexity index is 1770. The van der Waals surface area contributed by atoms with Crippen molar-refractivity contribution < 1.29 is 80.2 Å². The summed E-state index contributed by atoms with van der Waals surface area (Å²) < 4.78 is 68.2. The minimum absolute atomic E-state index is 0.103. The van der Waals surface area contributed by atoms with Gasteiger partial charge in [0.1, 0.15) is 19.3 Å². The van der Waals surface area contributed by atoms with Crippen molar-refractivity contribution in [3.8, 4) is 0 Å². The largest absolute Gasteiger partial charge is 0.472 e. The van der Waals surface area contributed by atoms with Crippen LogP contribution < -0.4 is 0 Å². The van der Waals surface area contributed by atoms with E-state index in [1.807, 2.05) is 0 Å². The Kier molecular flexibility index (Phi) is 60.6. The second-order valence-corrected chi connectivity index (χ2v) is 29.7. The summed E-state index contributed by atoms with van der Waals surface area (Å²) in [5.74, 6) is 0.169. The van der Waals surface area contributed by atoms with Gasteiger partial charge in [-0.25, -0.2) is 9.13 Å². The Labute approximate surface area is 549 Å². The van der Waals surface area contributed by atoms with E-state index in [-0.39, 0.29) is 25.7 Å². The van der Waals surface area contributed by atoms with Crippen molar-refractivity contribution in [2.45, 2.75) is 375 Å². The lowest BCUT2D eigenvalue weighted by Crippen LogP contribution is -2.30. The maximum atomic E-state index is 13.0. The number of rotatable bonds is 69. The molecule has 0 spiro atoms. The zero-order chi connectivity index (χ0) is 66.6. The number of phosphoric ester groups is 2. The number of esters is 4. The lowest BCUT2D eigenvalue weighted by atomic mass is 10.00. The number of unbranched alkanes of at least 4 members (excludes halogenated alkanes) is 36. The smallest absolute Gasteiger partial charge is 0.462 e. The van der Waals surface area contributed by atoms with Crippen LogP contribution in [-0.2, 0) is 65.4 Å². The van der Waals surface area contributed by atoms with Gasteiger partial charge in [-0.2, -0.15) is 0 Å². The molecule has 0 aromatic rings. The molecule has 0 aliphatic carbocycles. The first-order valence-electron chi connectivity index (χ1n) is 36.9. The Morgan fingerprint density at radius 3 is 0.844 bits per heavy atom. The number of aliphatic hydroxyl groups is 1. The average Bonchev–Trinajstić information content (AvgIpc) is 2.64. The van der Waals surface area contributed by atoms with E-state index in [4.69, 9.17) is 37.0 Å². The second-order valence-electron chi connectivity index (χ2n) is 26.8. The van der Waals surface area contributed by atoms with Gasteiger partial charge in [-0.1, -0.05) is 305 Å². The van der Waals surface area contributed by atoms with Gasteiger partial charge in [-0.3, -0.25) is 37.3 Å². The first kappa shape index (κ1) is 88.1. The van der Waals surface area contributed by atoms with Crippen molar-refractivity contribution in [1.82, 2.24) is 0 Å². The van der Waals surface area contributed by atoms with Gasteiger partial charge in [0.15, 0.2) is 12.2 Å². The quantitative estimate of drug-likeness (QED) is 0.0222. The lowest BCUT2D eigenvalue weighted by molar-refractivity contribution is -0.161. The average molecular weight is 1330 g/mol. The van der Waals surface area contributed by atoms with Crippen LogP contribution in [0.15, 0.2) is 0 Å². The summed E-state index contributed by atoms with van der Waals surface area (Å²) >= 11 is 0. The molecule has 0 saturated heterocycles. The SMILES string of the molecule is CCCCCCCCCCC(=O)OC[C@H](COP(=O)(O)OC[C@H](O)COP(=O)(O)OC[C@@H](COC(=O)CCCCCCCCCCCCCCCC(C)C)OC(=O)CCCCCCCCCCCCCCCC(C)C)OC(=O)CCCCCCCCC(C)CC. The van der Waals surface area contributed by atoms with E-state index in [2.05, 4.69) is 48.5 Å². The molecule has 0 aliphatic heterocycles. The van der Waals surface area contributed by atoms with Crippen molar-refractivity contribution in [2.75, 3.05) is 39.6 Å². The van der Waals surface area contributed by atoms with Crippen molar-refractivity contribution in [2.24, 2.45) is 17.8 Å². The fourth-order valence-electron chi connectivity index (χ4n) is 10.7. The fraction of sp³-hybridized carbons (Fsp3) is 0.944. The van der Waals surface area contributed by atoms with Crippen molar-refractivity contribution in [1.29, 1.82) is 0 Å². The summed E-state index contributed by atoms with van der Waals surface area (Å²) in [6, 6.07) is 0. The standard InChI is InChI=1S/C71H138O17P2/c1-8-10-11-12-13-30-38-45-52-68(73)81-59-67(88-71(76)55-48-41-34-33-37-44-51-64(7)9-2)61-86-90(79,80)84-57-65(72)56-83-89(77,78)85-60-66(87-70(75)54-47-40-32-27-23-19-15-17-21-25-29-36-43-50-63(5)6)58-82-69(74)53-46-39-31-26-22-18-14-16-20-24-28-35-42-49-62(3)4/h62-67,72H,8-61H2,1-7H3,(H,77,78)(H,79,80)/t64?,65-,66-,67-/m1/s1. The molecule has 0 amide bonds. The summed E-state index contributed by atoms with van der Waals surface area (Å²) in [7, 11) is -9.90. The van der Waals surface area contributed by atoms with Gasteiger partial charge in [0.25, 0.3) is 0 Å². The Morgan fingerprint density at radius 2 is 0.567 bits per heavy atom. The first-order valence-corrected chi connectivity index (χ1v) is 39.9. The monoisotopic (exact) mass is 1320 g/mol. The maximum absolute atomic E-state index is 13.0. The number of hydrogen-bond acceptors (Lipinski definition) is 15. The van der Waals surface area contributed by atoms with Crippen LogP contribution in [-0.4, -0.2) is 96.7 Å². The molecular weight excluding hydrogens is 1190 g/mol. The number of carbonyl (C=O) groups excluding carboxylic acids is 4. The van der Waals surface area contributed by atoms with Gasteiger partial charge >= 0.3 is 39.5 Å². The van der Waals surface area contributed by atoms with Crippen molar-refractivity contribution >= 4 is 39.5 Å². The van der Waals surface area contributed by atoms with Gasteiger partial charge < -0.3 is 33.8 Å². The van der Waals surface area contributed by atoms with E-state index < -0.39 is 97.5 Å². The predicted octanol–water partition coefficient (Wildman–Crippen LogP) is 20.2. The third-order valence-corrected chi connectivity index (χ3v) is 18.6. The zero-order valence-electron chi connectivity index (χ0n) is 58.6. The highest BCUT2D eigenvalue weighted by molar-refractivity contribution is 7.47. The fourth-order valence-corrected chi connectivity index (χ4v) is 12.3. The number of ether oxygens (including phenoxy) is 4. The molecule has 0 saturated carbocycles. The second kappa shape index (κ2) is 61.9. The van der Waals surface area contributed by atoms with Crippen LogP contribution in [0, 0.1) is 17.8 Å². The van der Waals surface area contributed by atoms with E-state index in [9.17, 15) is 43.2 Å². The Balaban J connectivity index is 5.22. The molecule has 90 heavy (non-hydrogen) atoms. The number of carbonyl (C=O) groups is 4. The minimum atomic E-state index is -4.95. The van der Waals surface area contributed by atoms with E-state index >= 15 is 0 Å². The molecule has 0 rings (SSSR count). The van der Waals surface area contributed by atoms with Crippen LogP contribution in [0.3, 0.4) is 0 Å². The topological polar surface area (TPSA) is 237 Å². The molecule has 0 aromatic heterocycles.